The van der Waals surface area contributed by atoms with Gasteiger partial charge in [0.15, 0.2) is 0 Å². The Bertz CT molecular complexity index is 1100. The van der Waals surface area contributed by atoms with E-state index in [1.54, 1.807) is 0 Å². The van der Waals surface area contributed by atoms with Gasteiger partial charge in [0, 0.05) is 0 Å². The van der Waals surface area contributed by atoms with Crippen molar-refractivity contribution in [1.29, 1.82) is 0 Å². The van der Waals surface area contributed by atoms with E-state index in [1.165, 1.54) is 33.4 Å². The van der Waals surface area contributed by atoms with E-state index in [2.05, 4.69) is 138 Å². The molecule has 0 aliphatic rings. The van der Waals surface area contributed by atoms with E-state index in [1.807, 2.05) is 0 Å². The molecule has 0 saturated carbocycles. The van der Waals surface area contributed by atoms with E-state index in [9.17, 15) is 0 Å². The lowest BCUT2D eigenvalue weighted by molar-refractivity contribution is 0.381. The lowest BCUT2D eigenvalue weighted by Crippen LogP contribution is -2.08. The molecule has 0 fully saturated rings. The Kier molecular flexibility index (Phi) is 11.1. The highest BCUT2D eigenvalue weighted by Crippen LogP contribution is 2.48. The molecule has 3 nitrogen and oxygen atoms in total. The molecule has 0 amide bonds. The van der Waals surface area contributed by atoms with Crippen LogP contribution in [0.4, 0.5) is 0 Å². The summed E-state index contributed by atoms with van der Waals surface area (Å²) in [6.07, 6.45) is 0. The molecule has 3 aromatic rings. The van der Waals surface area contributed by atoms with Gasteiger partial charge < -0.3 is 13.6 Å². The molecule has 0 unspecified atom stereocenters. The van der Waals surface area contributed by atoms with Crippen molar-refractivity contribution in [2.24, 2.45) is 0 Å². The normalized spacial score (nSPS) is 12.1. The molecule has 0 bridgehead atoms. The zero-order chi connectivity index (χ0) is 29.7. The second kappa shape index (κ2) is 13.9. The van der Waals surface area contributed by atoms with Crippen LogP contribution in [-0.2, 0) is 0 Å². The Morgan fingerprint density at radius 3 is 0.825 bits per heavy atom. The van der Waals surface area contributed by atoms with Gasteiger partial charge in [0.05, 0.1) is 0 Å². The van der Waals surface area contributed by atoms with Gasteiger partial charge in [-0.2, -0.15) is 0 Å². The molecule has 3 aromatic carbocycles. The quantitative estimate of drug-likeness (QED) is 0.205. The van der Waals surface area contributed by atoms with Crippen molar-refractivity contribution in [2.45, 2.75) is 119 Å². The molecule has 4 heteroatoms. The van der Waals surface area contributed by atoms with Gasteiger partial charge >= 0.3 is 8.60 Å². The third-order valence-electron chi connectivity index (χ3n) is 7.49. The van der Waals surface area contributed by atoms with Crippen molar-refractivity contribution in [3.8, 4) is 17.2 Å². The smallest absolute Gasteiger partial charge is 0.408 e. The Labute approximate surface area is 245 Å². The largest absolute Gasteiger partial charge is 0.530 e. The molecule has 0 radical (unpaired) electrons. The second-order valence-corrected chi connectivity index (χ2v) is 13.8. The van der Waals surface area contributed by atoms with Crippen LogP contribution in [0, 0.1) is 0 Å². The third kappa shape index (κ3) is 8.03. The van der Waals surface area contributed by atoms with Crippen LogP contribution in [0.1, 0.15) is 152 Å². The molecule has 3 rings (SSSR count). The van der Waals surface area contributed by atoms with Gasteiger partial charge in [-0.15, -0.1) is 0 Å². The highest BCUT2D eigenvalue weighted by Gasteiger charge is 2.26. The SMILES string of the molecule is CC(C)c1ccc(OP(Oc2ccc(C(C)C)cc2C(C)C)Oc2ccc(C(C)C)cc2C(C)C)c(C(C)C)c1. The summed E-state index contributed by atoms with van der Waals surface area (Å²) in [5.41, 5.74) is 7.43. The highest BCUT2D eigenvalue weighted by atomic mass is 31.2. The van der Waals surface area contributed by atoms with Crippen molar-refractivity contribution in [2.75, 3.05) is 0 Å². The van der Waals surface area contributed by atoms with Crippen molar-refractivity contribution in [3.05, 3.63) is 88.0 Å². The molecule has 0 heterocycles. The van der Waals surface area contributed by atoms with Crippen LogP contribution in [0.3, 0.4) is 0 Å². The standard InChI is InChI=1S/C36H51O3P/c1-22(2)28-13-16-34(31(19-28)25(7)8)37-40(38-35-17-14-29(23(3)4)20-32(35)26(9)10)39-36-18-15-30(24(5)6)21-33(36)27(11)12/h13-27H,1-12H3. The van der Waals surface area contributed by atoms with Crippen LogP contribution in [0.15, 0.2) is 54.6 Å². The molecular weight excluding hydrogens is 511 g/mol. The maximum atomic E-state index is 6.69. The van der Waals surface area contributed by atoms with Crippen LogP contribution in [0.2, 0.25) is 0 Å². The predicted octanol–water partition coefficient (Wildman–Crippen LogP) is 12.2. The fraction of sp³-hybridized carbons (Fsp3) is 0.500. The Hall–Kier alpha value is -2.51. The van der Waals surface area contributed by atoms with E-state index in [0.717, 1.165) is 17.2 Å². The zero-order valence-corrected chi connectivity index (χ0v) is 27.7. The van der Waals surface area contributed by atoms with Gasteiger partial charge in [0.2, 0.25) is 0 Å². The highest BCUT2D eigenvalue weighted by molar-refractivity contribution is 7.43. The summed E-state index contributed by atoms with van der Waals surface area (Å²) in [6.45, 7) is 26.6. The summed E-state index contributed by atoms with van der Waals surface area (Å²) in [7, 11) is -1.79. The first-order chi connectivity index (χ1) is 18.8. The molecule has 218 valence electrons. The number of hydrogen-bond acceptors (Lipinski definition) is 3. The number of hydrogen-bond donors (Lipinski definition) is 0. The average molecular weight is 563 g/mol. The Morgan fingerprint density at radius 2 is 0.625 bits per heavy atom. The molecule has 0 atom stereocenters. The van der Waals surface area contributed by atoms with Gasteiger partial charge in [-0.3, -0.25) is 0 Å². The first-order valence-electron chi connectivity index (χ1n) is 15.0. The second-order valence-electron chi connectivity index (χ2n) is 12.8. The molecule has 0 saturated heterocycles. The Balaban J connectivity index is 2.09. The predicted molar refractivity (Wildman–Crippen MR) is 173 cm³/mol. The molecule has 0 spiro atoms. The zero-order valence-electron chi connectivity index (χ0n) is 26.8. The van der Waals surface area contributed by atoms with Crippen LogP contribution < -0.4 is 13.6 Å². The molecular formula is C36H51O3P. The van der Waals surface area contributed by atoms with Crippen LogP contribution in [-0.4, -0.2) is 0 Å². The fourth-order valence-corrected chi connectivity index (χ4v) is 5.77. The van der Waals surface area contributed by atoms with Crippen LogP contribution in [0.25, 0.3) is 0 Å². The number of rotatable bonds is 12. The van der Waals surface area contributed by atoms with Gasteiger partial charge in [-0.25, -0.2) is 0 Å². The van der Waals surface area contributed by atoms with Crippen molar-refractivity contribution in [1.82, 2.24) is 0 Å². The van der Waals surface area contributed by atoms with E-state index < -0.39 is 8.60 Å². The summed E-state index contributed by atoms with van der Waals surface area (Å²) < 4.78 is 20.1. The fourth-order valence-electron chi connectivity index (χ4n) is 4.68. The van der Waals surface area contributed by atoms with Crippen LogP contribution >= 0.6 is 8.60 Å². The van der Waals surface area contributed by atoms with E-state index in [0.29, 0.717) is 35.5 Å². The number of benzene rings is 3. The average Bonchev–Trinajstić information content (AvgIpc) is 2.88. The molecule has 0 aliphatic carbocycles. The van der Waals surface area contributed by atoms with Gasteiger partial charge in [-0.05, 0) is 87.1 Å². The maximum Gasteiger partial charge on any atom is 0.530 e. The van der Waals surface area contributed by atoms with Gasteiger partial charge in [0.25, 0.3) is 0 Å². The van der Waals surface area contributed by atoms with Gasteiger partial charge in [0.1, 0.15) is 17.2 Å². The lowest BCUT2D eigenvalue weighted by Gasteiger charge is -2.25. The summed E-state index contributed by atoms with van der Waals surface area (Å²) in [4.78, 5) is 0. The van der Waals surface area contributed by atoms with E-state index >= 15 is 0 Å². The first kappa shape index (κ1) is 32.0. The molecule has 0 N–H and O–H groups in total. The van der Waals surface area contributed by atoms with Crippen molar-refractivity contribution < 1.29 is 13.6 Å². The maximum absolute atomic E-state index is 6.69. The molecule has 0 aliphatic heterocycles. The monoisotopic (exact) mass is 562 g/mol. The van der Waals surface area contributed by atoms with E-state index in [-0.39, 0.29) is 0 Å². The summed E-state index contributed by atoms with van der Waals surface area (Å²) in [5, 5.41) is 0. The van der Waals surface area contributed by atoms with Crippen molar-refractivity contribution >= 4 is 8.60 Å². The van der Waals surface area contributed by atoms with Crippen molar-refractivity contribution in [3.63, 3.8) is 0 Å². The van der Waals surface area contributed by atoms with Gasteiger partial charge in [-0.1, -0.05) is 119 Å². The van der Waals surface area contributed by atoms with Crippen LogP contribution in [0.5, 0.6) is 17.2 Å². The lowest BCUT2D eigenvalue weighted by atomic mass is 9.95. The van der Waals surface area contributed by atoms with E-state index in [4.69, 9.17) is 13.6 Å². The first-order valence-corrected chi connectivity index (χ1v) is 16.1. The summed E-state index contributed by atoms with van der Waals surface area (Å²) >= 11 is 0. The summed E-state index contributed by atoms with van der Waals surface area (Å²) in [6, 6.07) is 19.5. The minimum atomic E-state index is -1.79. The molecule has 0 aromatic heterocycles. The third-order valence-corrected chi connectivity index (χ3v) is 8.52. The minimum Gasteiger partial charge on any atom is -0.408 e. The molecule has 40 heavy (non-hydrogen) atoms. The topological polar surface area (TPSA) is 27.7 Å². The summed E-state index contributed by atoms with van der Waals surface area (Å²) in [5.74, 6) is 4.71. The minimum absolute atomic E-state index is 0.304. The Morgan fingerprint density at radius 1 is 0.375 bits per heavy atom.